The molecule has 0 aliphatic carbocycles. The third-order valence-electron chi connectivity index (χ3n) is 5.92. The minimum atomic E-state index is -5.08. The average molecular weight is 504 g/mol. The van der Waals surface area contributed by atoms with E-state index in [0.717, 1.165) is 37.9 Å². The van der Waals surface area contributed by atoms with E-state index in [1.54, 1.807) is 6.08 Å². The first-order chi connectivity index (χ1) is 17.1. The van der Waals surface area contributed by atoms with E-state index in [2.05, 4.69) is 28.8 Å². The number of carbonyl (C=O) groups is 3. The Kier molecular flexibility index (Phi) is 9.24. The molecule has 0 unspecified atom stereocenters. The zero-order chi connectivity index (χ0) is 26.1. The number of aryl methyl sites for hydroxylation is 1. The molecular weight excluding hydrogens is 475 g/mol. The van der Waals surface area contributed by atoms with E-state index in [1.807, 2.05) is 47.4 Å². The van der Waals surface area contributed by atoms with Crippen LogP contribution in [0.5, 0.6) is 0 Å². The summed E-state index contributed by atoms with van der Waals surface area (Å²) < 4.78 is 31.7. The maximum Gasteiger partial charge on any atom is 0.490 e. The molecule has 0 bridgehead atoms. The van der Waals surface area contributed by atoms with Gasteiger partial charge in [0.15, 0.2) is 0 Å². The van der Waals surface area contributed by atoms with Gasteiger partial charge >= 0.3 is 12.1 Å². The summed E-state index contributed by atoms with van der Waals surface area (Å²) in [5.41, 5.74) is 3.42. The number of para-hydroxylation sites is 1. The Balaban J connectivity index is 0.000000454. The van der Waals surface area contributed by atoms with Crippen LogP contribution in [0.3, 0.4) is 0 Å². The Bertz CT molecular complexity index is 1090. The zero-order valence-electron chi connectivity index (χ0n) is 19.5. The molecule has 7 nitrogen and oxygen atoms in total. The van der Waals surface area contributed by atoms with Crippen molar-refractivity contribution in [3.8, 4) is 0 Å². The fraction of sp³-hybridized carbons (Fsp3) is 0.346. The van der Waals surface area contributed by atoms with Gasteiger partial charge < -0.3 is 20.6 Å². The van der Waals surface area contributed by atoms with E-state index >= 15 is 0 Å². The number of carboxylic acids is 1. The summed E-state index contributed by atoms with van der Waals surface area (Å²) in [5.74, 6) is -2.78. The minimum absolute atomic E-state index is 0.0120. The molecule has 2 amide bonds. The van der Waals surface area contributed by atoms with Gasteiger partial charge in [0.05, 0.1) is 6.04 Å². The van der Waals surface area contributed by atoms with Crippen molar-refractivity contribution >= 4 is 23.5 Å². The van der Waals surface area contributed by atoms with E-state index in [4.69, 9.17) is 9.90 Å². The molecular formula is C26H28F3N3O4. The van der Waals surface area contributed by atoms with Crippen molar-refractivity contribution in [2.24, 2.45) is 0 Å². The highest BCUT2D eigenvalue weighted by Gasteiger charge is 2.38. The van der Waals surface area contributed by atoms with E-state index in [0.29, 0.717) is 6.54 Å². The first-order valence-electron chi connectivity index (χ1n) is 11.6. The number of alkyl halides is 3. The summed E-state index contributed by atoms with van der Waals surface area (Å²) in [6.07, 6.45) is 1.73. The summed E-state index contributed by atoms with van der Waals surface area (Å²) in [5, 5.41) is 13.4. The first kappa shape index (κ1) is 26.9. The van der Waals surface area contributed by atoms with Gasteiger partial charge in [-0.3, -0.25) is 9.59 Å². The van der Waals surface area contributed by atoms with Crippen molar-refractivity contribution in [1.29, 1.82) is 0 Å². The van der Waals surface area contributed by atoms with Gasteiger partial charge in [-0.15, -0.1) is 0 Å². The van der Waals surface area contributed by atoms with Crippen LogP contribution in [0.2, 0.25) is 0 Å². The lowest BCUT2D eigenvalue weighted by Gasteiger charge is -2.28. The average Bonchev–Trinajstić information content (AvgIpc) is 3.24. The van der Waals surface area contributed by atoms with E-state index in [1.165, 1.54) is 11.1 Å². The highest BCUT2D eigenvalue weighted by molar-refractivity contribution is 6.03. The summed E-state index contributed by atoms with van der Waals surface area (Å²) in [7, 11) is 0. The molecule has 1 fully saturated rings. The molecule has 0 spiro atoms. The number of hydrogen-bond acceptors (Lipinski definition) is 4. The Morgan fingerprint density at radius 2 is 1.75 bits per heavy atom. The number of benzene rings is 2. The molecule has 0 aromatic heterocycles. The van der Waals surface area contributed by atoms with Gasteiger partial charge in [0.2, 0.25) is 5.91 Å². The van der Waals surface area contributed by atoms with Gasteiger partial charge in [-0.2, -0.15) is 13.2 Å². The second-order valence-electron chi connectivity index (χ2n) is 8.47. The Labute approximate surface area is 207 Å². The number of carboxylic acid groups (broad SMARTS) is 1. The third-order valence-corrected chi connectivity index (χ3v) is 5.92. The quantitative estimate of drug-likeness (QED) is 0.504. The smallest absolute Gasteiger partial charge is 0.475 e. The lowest BCUT2D eigenvalue weighted by atomic mass is 10.0. The SMILES string of the molecule is O=C(N[C@H](C=CC(=O)N1CCc2ccccc21)CCc1ccccc1)[C@@H]1CCN1.O=C(O)C(F)(F)F. The van der Waals surface area contributed by atoms with Gasteiger partial charge in [0.1, 0.15) is 0 Å². The molecule has 2 aliphatic heterocycles. The van der Waals surface area contributed by atoms with Gasteiger partial charge in [0.25, 0.3) is 5.91 Å². The first-order valence-corrected chi connectivity index (χ1v) is 11.6. The largest absolute Gasteiger partial charge is 0.490 e. The molecule has 0 saturated carbocycles. The van der Waals surface area contributed by atoms with Crippen molar-refractivity contribution in [2.45, 2.75) is 43.9 Å². The number of amides is 2. The summed E-state index contributed by atoms with van der Waals surface area (Å²) in [6, 6.07) is 18.0. The van der Waals surface area contributed by atoms with Crippen LogP contribution in [0.25, 0.3) is 0 Å². The minimum Gasteiger partial charge on any atom is -0.475 e. The van der Waals surface area contributed by atoms with E-state index in [9.17, 15) is 22.8 Å². The molecule has 192 valence electrons. The second kappa shape index (κ2) is 12.3. The summed E-state index contributed by atoms with van der Waals surface area (Å²) in [6.45, 7) is 1.59. The van der Waals surface area contributed by atoms with Crippen LogP contribution >= 0.6 is 0 Å². The van der Waals surface area contributed by atoms with Crippen LogP contribution in [-0.2, 0) is 27.2 Å². The molecule has 0 radical (unpaired) electrons. The fourth-order valence-corrected chi connectivity index (χ4v) is 3.83. The summed E-state index contributed by atoms with van der Waals surface area (Å²) >= 11 is 0. The number of nitrogens with zero attached hydrogens (tertiary/aromatic N) is 1. The van der Waals surface area contributed by atoms with Crippen molar-refractivity contribution < 1.29 is 32.7 Å². The Morgan fingerprint density at radius 3 is 2.36 bits per heavy atom. The fourth-order valence-electron chi connectivity index (χ4n) is 3.83. The standard InChI is InChI=1S/C24H27N3O2.C2HF3O2/c28-23(27-17-15-19-8-4-5-9-22(19)27)13-12-20(26-24(29)21-14-16-25-21)11-10-18-6-2-1-3-7-18;3-2(4,5)1(6)7/h1-9,12-13,20-21,25H,10-11,14-17H2,(H,26,29);(H,6,7)/t20-,21-;/m0./s1. The summed E-state index contributed by atoms with van der Waals surface area (Å²) in [4.78, 5) is 35.9. The van der Waals surface area contributed by atoms with Crippen LogP contribution in [0, 0.1) is 0 Å². The molecule has 36 heavy (non-hydrogen) atoms. The van der Waals surface area contributed by atoms with E-state index in [-0.39, 0.29) is 23.9 Å². The second-order valence-corrected chi connectivity index (χ2v) is 8.47. The van der Waals surface area contributed by atoms with Crippen molar-refractivity contribution in [3.05, 3.63) is 77.9 Å². The molecule has 2 aliphatic rings. The molecule has 2 atom stereocenters. The van der Waals surface area contributed by atoms with E-state index < -0.39 is 12.1 Å². The normalized spacial score (nSPS) is 17.4. The number of nitrogens with one attached hydrogen (secondary N) is 2. The lowest BCUT2D eigenvalue weighted by Crippen LogP contribution is -2.54. The molecule has 3 N–H and O–H groups in total. The van der Waals surface area contributed by atoms with Crippen molar-refractivity contribution in [1.82, 2.24) is 10.6 Å². The van der Waals surface area contributed by atoms with Gasteiger partial charge in [-0.05, 0) is 49.4 Å². The lowest BCUT2D eigenvalue weighted by molar-refractivity contribution is -0.192. The van der Waals surface area contributed by atoms with Crippen LogP contribution in [0.1, 0.15) is 24.0 Å². The van der Waals surface area contributed by atoms with Crippen LogP contribution in [0.4, 0.5) is 18.9 Å². The highest BCUT2D eigenvalue weighted by Crippen LogP contribution is 2.27. The number of rotatable bonds is 7. The predicted octanol–water partition coefficient (Wildman–Crippen LogP) is 3.24. The Hall–Kier alpha value is -3.66. The Morgan fingerprint density at radius 1 is 1.11 bits per heavy atom. The van der Waals surface area contributed by atoms with Gasteiger partial charge in [-0.25, -0.2) is 4.79 Å². The van der Waals surface area contributed by atoms with Gasteiger partial charge in [-0.1, -0.05) is 54.6 Å². The molecule has 10 heteroatoms. The molecule has 2 aromatic carbocycles. The predicted molar refractivity (Wildman–Crippen MR) is 128 cm³/mol. The molecule has 2 aromatic rings. The molecule has 2 heterocycles. The van der Waals surface area contributed by atoms with Gasteiger partial charge in [0, 0.05) is 24.4 Å². The highest BCUT2D eigenvalue weighted by atomic mass is 19.4. The number of anilines is 1. The zero-order valence-corrected chi connectivity index (χ0v) is 19.5. The van der Waals surface area contributed by atoms with Crippen molar-refractivity contribution in [3.63, 3.8) is 0 Å². The number of carbonyl (C=O) groups excluding carboxylic acids is 2. The number of aliphatic carboxylic acids is 1. The monoisotopic (exact) mass is 503 g/mol. The van der Waals surface area contributed by atoms with Crippen LogP contribution in [-0.4, -0.2) is 54.2 Å². The number of hydrogen-bond donors (Lipinski definition) is 3. The van der Waals surface area contributed by atoms with Crippen LogP contribution in [0.15, 0.2) is 66.7 Å². The number of halogens is 3. The van der Waals surface area contributed by atoms with Crippen LogP contribution < -0.4 is 15.5 Å². The maximum atomic E-state index is 12.8. The molecule has 4 rings (SSSR count). The molecule has 1 saturated heterocycles. The van der Waals surface area contributed by atoms with Crippen molar-refractivity contribution in [2.75, 3.05) is 18.0 Å². The number of fused-ring (bicyclic) bond motifs is 1. The maximum absolute atomic E-state index is 12.8. The third kappa shape index (κ3) is 7.67. The topological polar surface area (TPSA) is 98.7 Å².